The Labute approximate surface area is 181 Å². The van der Waals surface area contributed by atoms with Gasteiger partial charge in [-0.15, -0.1) is 0 Å². The van der Waals surface area contributed by atoms with Crippen molar-refractivity contribution in [1.29, 1.82) is 0 Å². The van der Waals surface area contributed by atoms with Crippen LogP contribution in [0.2, 0.25) is 0 Å². The van der Waals surface area contributed by atoms with Gasteiger partial charge in [-0.3, -0.25) is 0 Å². The number of alkyl carbamates (subject to hydrolysis) is 1. The average Bonchev–Trinajstić information content (AvgIpc) is 3.44. The van der Waals surface area contributed by atoms with E-state index in [-0.39, 0.29) is 30.3 Å². The highest BCUT2D eigenvalue weighted by Crippen LogP contribution is 2.52. The lowest BCUT2D eigenvalue weighted by Crippen LogP contribution is -2.59. The molecule has 0 aromatic rings. The van der Waals surface area contributed by atoms with E-state index in [4.69, 9.17) is 24.1 Å². The molecule has 7 heteroatoms. The van der Waals surface area contributed by atoms with Gasteiger partial charge in [-0.2, -0.15) is 0 Å². The quantitative estimate of drug-likeness (QED) is 0.281. The predicted molar refractivity (Wildman–Crippen MR) is 115 cm³/mol. The van der Waals surface area contributed by atoms with Crippen LogP contribution in [-0.2, 0) is 18.9 Å². The number of hydrogen-bond donors (Lipinski definition) is 2. The standard InChI is InChI=1S/C23H41NO6/c1-17(2)11-15-28-22(3,4)20-19(27-5)18(10-12-23(20)16-29-23)30-21(26)24-13-8-6-7-9-14-25/h11,18-20,25H,6-10,12-16H2,1-5H3,(H,24,26)/t18?,19?,20?,23-/m0/s1. The minimum atomic E-state index is -0.492. The van der Waals surface area contributed by atoms with Crippen LogP contribution in [0.15, 0.2) is 11.6 Å². The Morgan fingerprint density at radius 1 is 1.27 bits per heavy atom. The van der Waals surface area contributed by atoms with E-state index in [9.17, 15) is 4.79 Å². The molecule has 2 aliphatic rings. The Hall–Kier alpha value is -1.15. The van der Waals surface area contributed by atoms with Crippen LogP contribution >= 0.6 is 0 Å². The first-order valence-electron chi connectivity index (χ1n) is 11.2. The second-order valence-corrected chi connectivity index (χ2v) is 9.27. The van der Waals surface area contributed by atoms with Gasteiger partial charge in [0.05, 0.1) is 24.4 Å². The highest BCUT2D eigenvalue weighted by molar-refractivity contribution is 5.67. The number of carbonyl (C=O) groups excluding carboxylic acids is 1. The Balaban J connectivity index is 1.94. The minimum Gasteiger partial charge on any atom is -0.443 e. The molecule has 7 nitrogen and oxygen atoms in total. The number of ether oxygens (including phenoxy) is 4. The first-order valence-corrected chi connectivity index (χ1v) is 11.2. The predicted octanol–water partition coefficient (Wildman–Crippen LogP) is 3.59. The zero-order valence-corrected chi connectivity index (χ0v) is 19.4. The maximum Gasteiger partial charge on any atom is 0.407 e. The third-order valence-corrected chi connectivity index (χ3v) is 6.21. The molecule has 3 unspecified atom stereocenters. The van der Waals surface area contributed by atoms with Crippen LogP contribution in [0.4, 0.5) is 4.79 Å². The molecule has 1 saturated carbocycles. The summed E-state index contributed by atoms with van der Waals surface area (Å²) in [4.78, 5) is 12.3. The van der Waals surface area contributed by atoms with Crippen LogP contribution < -0.4 is 5.32 Å². The molecule has 174 valence electrons. The van der Waals surface area contributed by atoms with Crippen molar-refractivity contribution in [1.82, 2.24) is 5.32 Å². The van der Waals surface area contributed by atoms with Crippen molar-refractivity contribution in [3.8, 4) is 0 Å². The summed E-state index contributed by atoms with van der Waals surface area (Å²) < 4.78 is 23.8. The molecule has 1 saturated heterocycles. The van der Waals surface area contributed by atoms with Gasteiger partial charge in [0.15, 0.2) is 0 Å². The van der Waals surface area contributed by atoms with Gasteiger partial charge < -0.3 is 29.4 Å². The molecule has 1 amide bonds. The first-order chi connectivity index (χ1) is 14.3. The maximum atomic E-state index is 12.3. The molecule has 2 N–H and O–H groups in total. The molecule has 0 bridgehead atoms. The highest BCUT2D eigenvalue weighted by atomic mass is 16.6. The molecular formula is C23H41NO6. The smallest absolute Gasteiger partial charge is 0.407 e. The van der Waals surface area contributed by atoms with E-state index in [1.54, 1.807) is 7.11 Å². The summed E-state index contributed by atoms with van der Waals surface area (Å²) >= 11 is 0. The number of allylic oxidation sites excluding steroid dienone is 1. The lowest BCUT2D eigenvalue weighted by atomic mass is 9.68. The van der Waals surface area contributed by atoms with Crippen LogP contribution in [0.3, 0.4) is 0 Å². The monoisotopic (exact) mass is 427 g/mol. The van der Waals surface area contributed by atoms with Gasteiger partial charge in [0, 0.05) is 26.2 Å². The number of epoxide rings is 1. The van der Waals surface area contributed by atoms with E-state index in [2.05, 4.69) is 39.1 Å². The Morgan fingerprint density at radius 3 is 2.57 bits per heavy atom. The van der Waals surface area contributed by atoms with Crippen LogP contribution in [0.25, 0.3) is 0 Å². The van der Waals surface area contributed by atoms with Crippen molar-refractivity contribution in [2.45, 2.75) is 89.6 Å². The number of rotatable bonds is 12. The molecule has 0 aromatic carbocycles. The molecule has 1 aliphatic heterocycles. The summed E-state index contributed by atoms with van der Waals surface area (Å²) in [6, 6.07) is 0. The fourth-order valence-electron chi connectivity index (χ4n) is 4.55. The number of unbranched alkanes of at least 4 members (excludes halogenated alkanes) is 3. The number of carbonyl (C=O) groups is 1. The molecule has 0 aromatic heterocycles. The second kappa shape index (κ2) is 11.5. The number of aliphatic hydroxyl groups excluding tert-OH is 1. The Bertz CT molecular complexity index is 568. The van der Waals surface area contributed by atoms with Gasteiger partial charge in [0.1, 0.15) is 12.2 Å². The lowest BCUT2D eigenvalue weighted by Gasteiger charge is -2.47. The van der Waals surface area contributed by atoms with Crippen LogP contribution in [0.5, 0.6) is 0 Å². The fraction of sp³-hybridized carbons (Fsp3) is 0.870. The number of amides is 1. The van der Waals surface area contributed by atoms with Crippen LogP contribution in [-0.4, -0.2) is 68.1 Å². The molecule has 2 rings (SSSR count). The normalized spacial score (nSPS) is 28.3. The Morgan fingerprint density at radius 2 is 1.97 bits per heavy atom. The third-order valence-electron chi connectivity index (χ3n) is 6.21. The summed E-state index contributed by atoms with van der Waals surface area (Å²) in [7, 11) is 1.67. The van der Waals surface area contributed by atoms with E-state index in [1.165, 1.54) is 5.57 Å². The van der Waals surface area contributed by atoms with Crippen molar-refractivity contribution in [3.05, 3.63) is 11.6 Å². The van der Waals surface area contributed by atoms with Crippen molar-refractivity contribution in [2.75, 3.05) is 33.5 Å². The molecular weight excluding hydrogens is 386 g/mol. The number of methoxy groups -OCH3 is 1. The van der Waals surface area contributed by atoms with Crippen molar-refractivity contribution >= 4 is 6.09 Å². The summed E-state index contributed by atoms with van der Waals surface area (Å²) in [5.74, 6) is -0.0365. The van der Waals surface area contributed by atoms with Crippen molar-refractivity contribution in [3.63, 3.8) is 0 Å². The summed E-state index contributed by atoms with van der Waals surface area (Å²) in [5.41, 5.74) is 0.469. The highest BCUT2D eigenvalue weighted by Gasteiger charge is 2.64. The molecule has 1 spiro atoms. The topological polar surface area (TPSA) is 89.6 Å². The summed E-state index contributed by atoms with van der Waals surface area (Å²) in [6.45, 7) is 10.3. The van der Waals surface area contributed by atoms with E-state index in [0.717, 1.165) is 32.1 Å². The lowest BCUT2D eigenvalue weighted by molar-refractivity contribution is -0.172. The van der Waals surface area contributed by atoms with Gasteiger partial charge in [-0.25, -0.2) is 4.79 Å². The zero-order valence-electron chi connectivity index (χ0n) is 19.4. The average molecular weight is 428 g/mol. The third kappa shape index (κ3) is 6.94. The molecule has 4 atom stereocenters. The van der Waals surface area contributed by atoms with E-state index >= 15 is 0 Å². The molecule has 1 heterocycles. The van der Waals surface area contributed by atoms with E-state index in [0.29, 0.717) is 26.2 Å². The SMILES string of the molecule is COC1C(OC(=O)NCCCCCCO)CC[C@]2(CO2)C1C(C)(C)OCC=C(C)C. The van der Waals surface area contributed by atoms with E-state index in [1.807, 2.05) is 0 Å². The van der Waals surface area contributed by atoms with Gasteiger partial charge in [0.25, 0.3) is 0 Å². The number of nitrogens with one attached hydrogen (secondary N) is 1. The van der Waals surface area contributed by atoms with Gasteiger partial charge in [-0.1, -0.05) is 24.5 Å². The Kier molecular flexibility index (Phi) is 9.60. The molecule has 2 fully saturated rings. The van der Waals surface area contributed by atoms with Gasteiger partial charge >= 0.3 is 6.09 Å². The van der Waals surface area contributed by atoms with Gasteiger partial charge in [-0.05, 0) is 53.4 Å². The van der Waals surface area contributed by atoms with Crippen molar-refractivity contribution < 1.29 is 28.8 Å². The largest absolute Gasteiger partial charge is 0.443 e. The van der Waals surface area contributed by atoms with Crippen LogP contribution in [0, 0.1) is 5.92 Å². The second-order valence-electron chi connectivity index (χ2n) is 9.27. The molecule has 30 heavy (non-hydrogen) atoms. The minimum absolute atomic E-state index is 0.0365. The van der Waals surface area contributed by atoms with Gasteiger partial charge in [0.2, 0.25) is 0 Å². The van der Waals surface area contributed by atoms with E-state index < -0.39 is 11.7 Å². The fourth-order valence-corrected chi connectivity index (χ4v) is 4.55. The first kappa shape index (κ1) is 25.1. The number of hydrogen-bond acceptors (Lipinski definition) is 6. The molecule has 0 radical (unpaired) electrons. The summed E-state index contributed by atoms with van der Waals surface area (Å²) in [5, 5.41) is 11.6. The summed E-state index contributed by atoms with van der Waals surface area (Å²) in [6.07, 6.45) is 6.19. The maximum absolute atomic E-state index is 12.3. The number of aliphatic hydroxyl groups is 1. The van der Waals surface area contributed by atoms with Crippen molar-refractivity contribution in [2.24, 2.45) is 5.92 Å². The van der Waals surface area contributed by atoms with Crippen LogP contribution in [0.1, 0.15) is 66.2 Å². The zero-order chi connectivity index (χ0) is 22.2. The molecule has 1 aliphatic carbocycles.